The maximum atomic E-state index is 13.0. The Bertz CT molecular complexity index is 1170. The van der Waals surface area contributed by atoms with Gasteiger partial charge < -0.3 is 9.84 Å². The minimum Gasteiger partial charge on any atom is -0.394 e. The highest BCUT2D eigenvalue weighted by Gasteiger charge is 2.28. The first-order chi connectivity index (χ1) is 14.4. The van der Waals surface area contributed by atoms with Crippen LogP contribution >= 0.6 is 15.9 Å². The number of benzene rings is 1. The lowest BCUT2D eigenvalue weighted by Crippen LogP contribution is -2.42. The number of nitrogens with zero attached hydrogens (tertiary/aromatic N) is 5. The smallest absolute Gasteiger partial charge is 0.333 e. The van der Waals surface area contributed by atoms with Crippen LogP contribution in [-0.4, -0.2) is 41.9 Å². The summed E-state index contributed by atoms with van der Waals surface area (Å²) in [5.41, 5.74) is 1.17. The number of halogens is 1. The van der Waals surface area contributed by atoms with E-state index in [0.717, 1.165) is 14.6 Å². The number of aromatic nitrogens is 5. The second-order valence-corrected chi connectivity index (χ2v) is 8.32. The molecule has 0 saturated carbocycles. The molecule has 9 nitrogen and oxygen atoms in total. The Morgan fingerprint density at radius 3 is 2.80 bits per heavy atom. The number of aliphatic hydroxyl groups is 1. The molecule has 30 heavy (non-hydrogen) atoms. The molecule has 1 aliphatic rings. The van der Waals surface area contributed by atoms with E-state index in [2.05, 4.69) is 26.2 Å². The van der Waals surface area contributed by atoms with E-state index in [1.807, 2.05) is 24.3 Å². The van der Waals surface area contributed by atoms with Gasteiger partial charge in [-0.2, -0.15) is 0 Å². The van der Waals surface area contributed by atoms with Crippen molar-refractivity contribution in [3.05, 3.63) is 78.8 Å². The number of hydrogen-bond donors (Lipinski definition) is 1. The molecular weight excluding hydrogens is 454 g/mol. The van der Waals surface area contributed by atoms with Crippen molar-refractivity contribution in [1.29, 1.82) is 0 Å². The second kappa shape index (κ2) is 8.66. The Morgan fingerprint density at radius 2 is 2.07 bits per heavy atom. The monoisotopic (exact) mass is 475 g/mol. The van der Waals surface area contributed by atoms with Crippen LogP contribution in [0.15, 0.2) is 50.7 Å². The maximum absolute atomic E-state index is 13.0. The molecule has 0 bridgehead atoms. The largest absolute Gasteiger partial charge is 0.394 e. The molecule has 2 atom stereocenters. The second-order valence-electron chi connectivity index (χ2n) is 7.40. The van der Waals surface area contributed by atoms with E-state index in [-0.39, 0.29) is 24.8 Å². The summed E-state index contributed by atoms with van der Waals surface area (Å²) in [6.07, 6.45) is 3.73. The lowest BCUT2D eigenvalue weighted by atomic mass is 10.2. The summed E-state index contributed by atoms with van der Waals surface area (Å²) in [4.78, 5) is 25.6. The van der Waals surface area contributed by atoms with Crippen LogP contribution in [-0.2, 0) is 17.8 Å². The van der Waals surface area contributed by atoms with Crippen molar-refractivity contribution in [2.45, 2.75) is 45.2 Å². The molecular formula is C20H22BrN5O4. The Hall–Kier alpha value is -2.56. The topological polar surface area (TPSA) is 104 Å². The molecule has 1 aromatic carbocycles. The Morgan fingerprint density at radius 1 is 1.23 bits per heavy atom. The van der Waals surface area contributed by atoms with Gasteiger partial charge in [-0.05, 0) is 37.5 Å². The summed E-state index contributed by atoms with van der Waals surface area (Å²) in [7, 11) is 0. The van der Waals surface area contributed by atoms with Gasteiger partial charge in [0.1, 0.15) is 11.9 Å². The van der Waals surface area contributed by atoms with E-state index >= 15 is 0 Å². The van der Waals surface area contributed by atoms with E-state index < -0.39 is 11.9 Å². The summed E-state index contributed by atoms with van der Waals surface area (Å²) in [6.45, 7) is 2.12. The van der Waals surface area contributed by atoms with Gasteiger partial charge in [0, 0.05) is 16.2 Å². The molecule has 0 unspecified atom stereocenters. The molecule has 0 radical (unpaired) electrons. The highest BCUT2D eigenvalue weighted by molar-refractivity contribution is 9.10. The third-order valence-electron chi connectivity index (χ3n) is 5.11. The van der Waals surface area contributed by atoms with Gasteiger partial charge >= 0.3 is 5.69 Å². The van der Waals surface area contributed by atoms with Gasteiger partial charge in [-0.25, -0.2) is 9.48 Å². The van der Waals surface area contributed by atoms with Gasteiger partial charge in [-0.3, -0.25) is 13.9 Å². The molecule has 10 heteroatoms. The van der Waals surface area contributed by atoms with Crippen LogP contribution in [0.2, 0.25) is 0 Å². The third-order valence-corrected chi connectivity index (χ3v) is 5.60. The summed E-state index contributed by atoms with van der Waals surface area (Å²) >= 11 is 3.45. The highest BCUT2D eigenvalue weighted by atomic mass is 79.9. The van der Waals surface area contributed by atoms with Gasteiger partial charge in [0.25, 0.3) is 5.56 Å². The van der Waals surface area contributed by atoms with Gasteiger partial charge in [0.15, 0.2) is 0 Å². The predicted octanol–water partition coefficient (Wildman–Crippen LogP) is 1.44. The number of hydrogen-bond acceptors (Lipinski definition) is 6. The van der Waals surface area contributed by atoms with Gasteiger partial charge in [0.05, 0.1) is 32.0 Å². The molecule has 1 N–H and O–H groups in total. The van der Waals surface area contributed by atoms with Gasteiger partial charge in [0.2, 0.25) is 0 Å². The first-order valence-electron chi connectivity index (χ1n) is 9.67. The van der Waals surface area contributed by atoms with Crippen LogP contribution < -0.4 is 11.2 Å². The van der Waals surface area contributed by atoms with Crippen LogP contribution in [0.25, 0.3) is 0 Å². The fourth-order valence-electron chi connectivity index (χ4n) is 3.60. The number of aryl methyl sites for hydroxylation is 1. The molecule has 2 aromatic heterocycles. The van der Waals surface area contributed by atoms with Crippen molar-refractivity contribution in [3.63, 3.8) is 0 Å². The van der Waals surface area contributed by atoms with Crippen LogP contribution in [0.1, 0.15) is 35.9 Å². The van der Waals surface area contributed by atoms with E-state index in [1.54, 1.807) is 17.8 Å². The number of ether oxygens (including phenoxy) is 1. The zero-order chi connectivity index (χ0) is 21.3. The fourth-order valence-corrected chi connectivity index (χ4v) is 4.05. The normalized spacial score (nSPS) is 18.8. The summed E-state index contributed by atoms with van der Waals surface area (Å²) < 4.78 is 10.9. The zero-order valence-electron chi connectivity index (χ0n) is 16.4. The molecule has 4 rings (SSSR count). The third kappa shape index (κ3) is 4.30. The molecule has 1 aliphatic heterocycles. The molecule has 3 aromatic rings. The van der Waals surface area contributed by atoms with Crippen molar-refractivity contribution in [3.8, 4) is 0 Å². The predicted molar refractivity (Wildman–Crippen MR) is 112 cm³/mol. The lowest BCUT2D eigenvalue weighted by Gasteiger charge is -2.17. The van der Waals surface area contributed by atoms with Crippen LogP contribution in [0.4, 0.5) is 0 Å². The van der Waals surface area contributed by atoms with E-state index in [0.29, 0.717) is 30.6 Å². The Kier molecular flexibility index (Phi) is 5.98. The molecule has 0 spiro atoms. The van der Waals surface area contributed by atoms with Crippen molar-refractivity contribution >= 4 is 15.9 Å². The van der Waals surface area contributed by atoms with Crippen molar-refractivity contribution in [1.82, 2.24) is 24.1 Å². The van der Waals surface area contributed by atoms with Crippen LogP contribution in [0, 0.1) is 6.92 Å². The average Bonchev–Trinajstić information content (AvgIpc) is 3.37. The minimum absolute atomic E-state index is 0.0218. The van der Waals surface area contributed by atoms with E-state index in [4.69, 9.17) is 4.74 Å². The molecule has 1 saturated heterocycles. The minimum atomic E-state index is -0.493. The quantitative estimate of drug-likeness (QED) is 0.578. The first-order valence-corrected chi connectivity index (χ1v) is 10.5. The maximum Gasteiger partial charge on any atom is 0.333 e. The van der Waals surface area contributed by atoms with Crippen molar-refractivity contribution in [2.75, 3.05) is 6.61 Å². The highest BCUT2D eigenvalue weighted by Crippen LogP contribution is 2.26. The standard InChI is InChI=1S/C20H22BrN5O4/c1-13-8-25(18-6-5-17(12-27)30-18)20(29)26(19(13)28)11-16-10-24(23-22-16)9-14-3-2-4-15(21)7-14/h2-4,7-8,10,17-18,27H,5-6,9,11-12H2,1H3/t17-,18+/m0/s1. The van der Waals surface area contributed by atoms with Crippen LogP contribution in [0.3, 0.4) is 0 Å². The van der Waals surface area contributed by atoms with Gasteiger partial charge in [-0.1, -0.05) is 33.3 Å². The first kappa shape index (κ1) is 20.7. The summed E-state index contributed by atoms with van der Waals surface area (Å²) in [5.74, 6) is 0. The van der Waals surface area contributed by atoms with Crippen LogP contribution in [0.5, 0.6) is 0 Å². The zero-order valence-corrected chi connectivity index (χ0v) is 18.0. The lowest BCUT2D eigenvalue weighted by molar-refractivity contribution is -0.0253. The average molecular weight is 476 g/mol. The molecule has 0 aliphatic carbocycles. The van der Waals surface area contributed by atoms with Gasteiger partial charge in [-0.15, -0.1) is 5.10 Å². The van der Waals surface area contributed by atoms with E-state index in [9.17, 15) is 14.7 Å². The Labute approximate surface area is 180 Å². The van der Waals surface area contributed by atoms with Crippen molar-refractivity contribution in [2.24, 2.45) is 0 Å². The number of rotatable bonds is 6. The number of aliphatic hydroxyl groups excluding tert-OH is 1. The van der Waals surface area contributed by atoms with Crippen molar-refractivity contribution < 1.29 is 9.84 Å². The summed E-state index contributed by atoms with van der Waals surface area (Å²) in [5, 5.41) is 17.5. The van der Waals surface area contributed by atoms with E-state index in [1.165, 1.54) is 10.8 Å². The fraction of sp³-hybridized carbons (Fsp3) is 0.400. The Balaban J connectivity index is 1.58. The molecule has 158 valence electrons. The summed E-state index contributed by atoms with van der Waals surface area (Å²) in [6, 6.07) is 7.87. The molecule has 3 heterocycles. The molecule has 1 fully saturated rings. The SMILES string of the molecule is Cc1cn([C@H]2CC[C@@H](CO)O2)c(=O)n(Cc2cn(Cc3cccc(Br)c3)nn2)c1=O. The molecule has 0 amide bonds.